The Morgan fingerprint density at radius 1 is 1.33 bits per heavy atom. The summed E-state index contributed by atoms with van der Waals surface area (Å²) in [6.45, 7) is -0.495. The second-order valence-corrected chi connectivity index (χ2v) is 6.37. The van der Waals surface area contributed by atoms with Gasteiger partial charge < -0.3 is 19.7 Å². The maximum Gasteiger partial charge on any atom is 0.339 e. The summed E-state index contributed by atoms with van der Waals surface area (Å²) in [6, 6.07) is 5.11. The van der Waals surface area contributed by atoms with E-state index in [9.17, 15) is 14.4 Å². The number of benzene rings is 1. The molecule has 0 radical (unpaired) electrons. The molecule has 0 heterocycles. The van der Waals surface area contributed by atoms with Gasteiger partial charge in [-0.05, 0) is 47.0 Å². The van der Waals surface area contributed by atoms with E-state index in [-0.39, 0.29) is 24.1 Å². The van der Waals surface area contributed by atoms with Crippen LogP contribution in [0.1, 0.15) is 23.2 Å². The molecule has 0 unspecified atom stereocenters. The van der Waals surface area contributed by atoms with Crippen molar-refractivity contribution >= 4 is 33.7 Å². The van der Waals surface area contributed by atoms with E-state index in [1.54, 1.807) is 12.1 Å². The molecule has 1 aliphatic carbocycles. The highest BCUT2D eigenvalue weighted by Gasteiger charge is 2.24. The second-order valence-electron chi connectivity index (χ2n) is 5.51. The van der Waals surface area contributed by atoms with E-state index in [4.69, 9.17) is 9.47 Å². The summed E-state index contributed by atoms with van der Waals surface area (Å²) in [7, 11) is 2.98. The van der Waals surface area contributed by atoms with Crippen LogP contribution in [0.3, 0.4) is 0 Å². The molecule has 24 heavy (non-hydrogen) atoms. The summed E-state index contributed by atoms with van der Waals surface area (Å²) in [5, 5.41) is 2.79. The van der Waals surface area contributed by atoms with Crippen molar-refractivity contribution in [1.82, 2.24) is 10.2 Å². The Kier molecular flexibility index (Phi) is 6.19. The average Bonchev–Trinajstić information content (AvgIpc) is 3.36. The molecule has 8 heteroatoms. The number of esters is 1. The molecule has 130 valence electrons. The molecule has 2 amide bonds. The minimum absolute atomic E-state index is 0.0598. The summed E-state index contributed by atoms with van der Waals surface area (Å²) in [5.74, 6) is -0.807. The van der Waals surface area contributed by atoms with Gasteiger partial charge in [-0.1, -0.05) is 0 Å². The average molecular weight is 399 g/mol. The summed E-state index contributed by atoms with van der Waals surface area (Å²) in [5.41, 5.74) is 0.260. The first kappa shape index (κ1) is 18.3. The molecular weight excluding hydrogens is 380 g/mol. The minimum atomic E-state index is -0.648. The molecule has 7 nitrogen and oxygen atoms in total. The first-order valence-electron chi connectivity index (χ1n) is 7.44. The van der Waals surface area contributed by atoms with Crippen molar-refractivity contribution in [1.29, 1.82) is 0 Å². The Balaban J connectivity index is 1.83. The lowest BCUT2D eigenvalue weighted by Gasteiger charge is -2.16. The predicted molar refractivity (Wildman–Crippen MR) is 89.8 cm³/mol. The summed E-state index contributed by atoms with van der Waals surface area (Å²) >= 11 is 3.25. The van der Waals surface area contributed by atoms with Crippen LogP contribution in [0, 0.1) is 0 Å². The third-order valence-electron chi connectivity index (χ3n) is 3.47. The smallest absolute Gasteiger partial charge is 0.339 e. The zero-order valence-corrected chi connectivity index (χ0v) is 15.1. The van der Waals surface area contributed by atoms with Crippen LogP contribution in [0.25, 0.3) is 0 Å². The minimum Gasteiger partial charge on any atom is -0.497 e. The lowest BCUT2D eigenvalue weighted by Crippen LogP contribution is -2.40. The molecule has 2 rings (SSSR count). The van der Waals surface area contributed by atoms with Gasteiger partial charge in [0.2, 0.25) is 5.91 Å². The normalized spacial score (nSPS) is 13.1. The van der Waals surface area contributed by atoms with Gasteiger partial charge in [-0.3, -0.25) is 9.59 Å². The lowest BCUT2D eigenvalue weighted by atomic mass is 10.2. The van der Waals surface area contributed by atoms with Crippen LogP contribution >= 0.6 is 15.9 Å². The maximum absolute atomic E-state index is 12.1. The Labute approximate surface area is 148 Å². The Morgan fingerprint density at radius 3 is 2.67 bits per heavy atom. The van der Waals surface area contributed by atoms with Crippen LogP contribution in [0.15, 0.2) is 22.7 Å². The molecule has 1 N–H and O–H groups in total. The number of halogens is 1. The first-order valence-corrected chi connectivity index (χ1v) is 8.24. The van der Waals surface area contributed by atoms with Gasteiger partial charge in [-0.2, -0.15) is 0 Å². The molecule has 0 atom stereocenters. The number of rotatable bonds is 7. The van der Waals surface area contributed by atoms with E-state index >= 15 is 0 Å². The van der Waals surface area contributed by atoms with Crippen molar-refractivity contribution in [2.24, 2.45) is 0 Å². The van der Waals surface area contributed by atoms with Crippen molar-refractivity contribution in [3.63, 3.8) is 0 Å². The van der Waals surface area contributed by atoms with Crippen molar-refractivity contribution in [3.05, 3.63) is 28.2 Å². The fourth-order valence-electron chi connectivity index (χ4n) is 1.91. The fourth-order valence-corrected chi connectivity index (χ4v) is 2.32. The molecule has 1 saturated carbocycles. The number of carbonyl (C=O) groups is 3. The number of amides is 2. The van der Waals surface area contributed by atoms with Gasteiger partial charge in [0.05, 0.1) is 19.2 Å². The monoisotopic (exact) mass is 398 g/mol. The first-order chi connectivity index (χ1) is 11.4. The number of carbonyl (C=O) groups excluding carboxylic acids is 3. The molecule has 1 fully saturated rings. The van der Waals surface area contributed by atoms with E-state index in [2.05, 4.69) is 21.2 Å². The zero-order valence-electron chi connectivity index (χ0n) is 13.5. The fraction of sp³-hybridized carbons (Fsp3) is 0.438. The van der Waals surface area contributed by atoms with Gasteiger partial charge in [0.1, 0.15) is 5.75 Å². The highest BCUT2D eigenvalue weighted by molar-refractivity contribution is 9.10. The van der Waals surface area contributed by atoms with Crippen molar-refractivity contribution in [2.75, 3.05) is 27.3 Å². The quantitative estimate of drug-likeness (QED) is 0.700. The molecule has 0 spiro atoms. The number of nitrogens with zero attached hydrogens (tertiary/aromatic N) is 1. The third-order valence-corrected chi connectivity index (χ3v) is 4.16. The van der Waals surface area contributed by atoms with Crippen LogP contribution in [-0.2, 0) is 14.3 Å². The molecule has 1 aromatic rings. The van der Waals surface area contributed by atoms with Gasteiger partial charge in [0.15, 0.2) is 6.61 Å². The highest BCUT2D eigenvalue weighted by Crippen LogP contribution is 2.23. The summed E-state index contributed by atoms with van der Waals surface area (Å²) in [4.78, 5) is 36.9. The third kappa shape index (κ3) is 5.23. The summed E-state index contributed by atoms with van der Waals surface area (Å²) < 4.78 is 10.6. The molecular formula is C16H19BrN2O5. The number of nitrogens with one attached hydrogen (secondary N) is 1. The zero-order chi connectivity index (χ0) is 17.7. The number of hydrogen-bond donors (Lipinski definition) is 1. The Morgan fingerprint density at radius 2 is 2.04 bits per heavy atom. The van der Waals surface area contributed by atoms with Gasteiger partial charge >= 0.3 is 5.97 Å². The molecule has 0 bridgehead atoms. The van der Waals surface area contributed by atoms with Crippen molar-refractivity contribution in [2.45, 2.75) is 18.9 Å². The van der Waals surface area contributed by atoms with Gasteiger partial charge in [0.25, 0.3) is 5.91 Å². The number of ether oxygens (including phenoxy) is 2. The second kappa shape index (κ2) is 8.14. The van der Waals surface area contributed by atoms with Crippen LogP contribution in [0.5, 0.6) is 5.75 Å². The van der Waals surface area contributed by atoms with Crippen LogP contribution in [-0.4, -0.2) is 56.0 Å². The Hall–Kier alpha value is -2.09. The standard InChI is InChI=1S/C16H19BrN2O5/c1-19(8-14(20)18-10-3-4-10)15(21)9-24-16(22)12-7-11(23-2)5-6-13(12)17/h5-7,10H,3-4,8-9H2,1-2H3,(H,18,20). The highest BCUT2D eigenvalue weighted by atomic mass is 79.9. The molecule has 0 aliphatic heterocycles. The van der Waals surface area contributed by atoms with Crippen LogP contribution in [0.2, 0.25) is 0 Å². The Bertz CT molecular complexity index is 645. The van der Waals surface area contributed by atoms with Gasteiger partial charge in [0, 0.05) is 17.6 Å². The SMILES string of the molecule is COc1ccc(Br)c(C(=O)OCC(=O)N(C)CC(=O)NC2CC2)c1. The van der Waals surface area contributed by atoms with E-state index in [1.165, 1.54) is 25.1 Å². The van der Waals surface area contributed by atoms with Crippen LogP contribution in [0.4, 0.5) is 0 Å². The van der Waals surface area contributed by atoms with Gasteiger partial charge in [-0.25, -0.2) is 4.79 Å². The lowest BCUT2D eigenvalue weighted by molar-refractivity contribution is -0.137. The number of methoxy groups -OCH3 is 1. The van der Waals surface area contributed by atoms with Crippen LogP contribution < -0.4 is 10.1 Å². The predicted octanol–water partition coefficient (Wildman–Crippen LogP) is 1.35. The van der Waals surface area contributed by atoms with E-state index in [0.717, 1.165) is 12.8 Å². The maximum atomic E-state index is 12.1. The van der Waals surface area contributed by atoms with E-state index < -0.39 is 18.5 Å². The molecule has 0 saturated heterocycles. The van der Waals surface area contributed by atoms with Crippen molar-refractivity contribution < 1.29 is 23.9 Å². The topological polar surface area (TPSA) is 84.9 Å². The number of hydrogen-bond acceptors (Lipinski definition) is 5. The molecule has 0 aromatic heterocycles. The molecule has 1 aromatic carbocycles. The van der Waals surface area contributed by atoms with Crippen molar-refractivity contribution in [3.8, 4) is 5.75 Å². The van der Waals surface area contributed by atoms with Gasteiger partial charge in [-0.15, -0.1) is 0 Å². The summed E-state index contributed by atoms with van der Waals surface area (Å²) in [6.07, 6.45) is 1.97. The largest absolute Gasteiger partial charge is 0.497 e. The van der Waals surface area contributed by atoms with E-state index in [1.807, 2.05) is 0 Å². The number of likely N-dealkylation sites (N-methyl/N-ethyl adjacent to an activating group) is 1. The van der Waals surface area contributed by atoms with E-state index in [0.29, 0.717) is 10.2 Å². The molecule has 1 aliphatic rings.